The van der Waals surface area contributed by atoms with Crippen LogP contribution in [0.15, 0.2) is 24.3 Å². The Morgan fingerprint density at radius 1 is 1.20 bits per heavy atom. The van der Waals surface area contributed by atoms with Gasteiger partial charge in [-0.15, -0.1) is 0 Å². The van der Waals surface area contributed by atoms with Gasteiger partial charge in [-0.25, -0.2) is 0 Å². The Kier molecular flexibility index (Phi) is 4.32. The van der Waals surface area contributed by atoms with Crippen molar-refractivity contribution in [3.63, 3.8) is 0 Å². The Labute approximate surface area is 115 Å². The maximum Gasteiger partial charge on any atom is 0.416 e. The van der Waals surface area contributed by atoms with Crippen molar-refractivity contribution >= 4 is 5.91 Å². The molecule has 3 nitrogen and oxygen atoms in total. The molecule has 20 heavy (non-hydrogen) atoms. The number of likely N-dealkylation sites (tertiary alicyclic amines) is 1. The Bertz CT molecular complexity index is 464. The molecule has 0 spiro atoms. The lowest BCUT2D eigenvalue weighted by Crippen LogP contribution is -2.43. The molecule has 1 atom stereocenters. The zero-order valence-electron chi connectivity index (χ0n) is 11.0. The van der Waals surface area contributed by atoms with Gasteiger partial charge in [-0.3, -0.25) is 4.79 Å². The monoisotopic (exact) mass is 286 g/mol. The zero-order chi connectivity index (χ0) is 14.8. The summed E-state index contributed by atoms with van der Waals surface area (Å²) in [6, 6.07) is 4.09. The van der Waals surface area contributed by atoms with E-state index in [2.05, 4.69) is 0 Å². The van der Waals surface area contributed by atoms with Gasteiger partial charge >= 0.3 is 6.18 Å². The number of halogens is 3. The molecule has 1 fully saturated rings. The van der Waals surface area contributed by atoms with Crippen LogP contribution in [0.5, 0.6) is 0 Å². The van der Waals surface area contributed by atoms with Crippen LogP contribution in [0.2, 0.25) is 0 Å². The fraction of sp³-hybridized carbons (Fsp3) is 0.500. The molecule has 0 unspecified atom stereocenters. The van der Waals surface area contributed by atoms with E-state index in [1.807, 2.05) is 0 Å². The van der Waals surface area contributed by atoms with Gasteiger partial charge in [0.15, 0.2) is 0 Å². The second-order valence-corrected chi connectivity index (χ2v) is 5.04. The van der Waals surface area contributed by atoms with E-state index < -0.39 is 17.8 Å². The van der Waals surface area contributed by atoms with Crippen LogP contribution in [0.25, 0.3) is 0 Å². The highest BCUT2D eigenvalue weighted by Gasteiger charge is 2.30. The first-order chi connectivity index (χ1) is 9.38. The number of hydrogen-bond acceptors (Lipinski definition) is 2. The first kappa shape index (κ1) is 14.8. The molecule has 0 aliphatic carbocycles. The second kappa shape index (κ2) is 5.83. The Hall–Kier alpha value is -1.56. The van der Waals surface area contributed by atoms with Gasteiger partial charge in [-0.1, -0.05) is 12.1 Å². The second-order valence-electron chi connectivity index (χ2n) is 5.04. The lowest BCUT2D eigenvalue weighted by atomic mass is 10.0. The number of hydrogen-bond donors (Lipinski definition) is 1. The summed E-state index contributed by atoms with van der Waals surface area (Å²) in [7, 11) is 0. The summed E-state index contributed by atoms with van der Waals surface area (Å²) in [5.41, 5.74) is 5.78. The lowest BCUT2D eigenvalue weighted by molar-refractivity contribution is -0.137. The fourth-order valence-corrected chi connectivity index (χ4v) is 2.34. The molecule has 0 radical (unpaired) electrons. The quantitative estimate of drug-likeness (QED) is 0.926. The molecule has 1 saturated heterocycles. The smallest absolute Gasteiger partial charge is 0.341 e. The zero-order valence-corrected chi connectivity index (χ0v) is 11.0. The van der Waals surface area contributed by atoms with Crippen LogP contribution in [0, 0.1) is 0 Å². The standard InChI is InChI=1S/C14H17F3N2O/c15-14(16,17)11-5-3-10(4-6-11)9-12(18)13(20)19-7-1-2-8-19/h3-6,12H,1-2,7-9,18H2/t12-/m0/s1. The van der Waals surface area contributed by atoms with E-state index in [1.54, 1.807) is 4.90 Å². The van der Waals surface area contributed by atoms with Crippen molar-refractivity contribution in [3.05, 3.63) is 35.4 Å². The summed E-state index contributed by atoms with van der Waals surface area (Å²) in [5, 5.41) is 0. The maximum absolute atomic E-state index is 12.4. The van der Waals surface area contributed by atoms with Crippen molar-refractivity contribution in [3.8, 4) is 0 Å². The van der Waals surface area contributed by atoms with E-state index in [0.29, 0.717) is 5.56 Å². The minimum Gasteiger partial charge on any atom is -0.341 e. The molecule has 6 heteroatoms. The van der Waals surface area contributed by atoms with E-state index >= 15 is 0 Å². The molecule has 1 aliphatic heterocycles. The molecule has 0 bridgehead atoms. The summed E-state index contributed by atoms with van der Waals surface area (Å²) in [6.45, 7) is 1.44. The van der Waals surface area contributed by atoms with Crippen molar-refractivity contribution in [1.82, 2.24) is 4.90 Å². The topological polar surface area (TPSA) is 46.3 Å². The number of amides is 1. The highest BCUT2D eigenvalue weighted by atomic mass is 19.4. The fourth-order valence-electron chi connectivity index (χ4n) is 2.34. The third-order valence-electron chi connectivity index (χ3n) is 3.47. The van der Waals surface area contributed by atoms with Gasteiger partial charge in [0.05, 0.1) is 11.6 Å². The average Bonchev–Trinajstić information content (AvgIpc) is 2.91. The molecule has 0 saturated carbocycles. The summed E-state index contributed by atoms with van der Waals surface area (Å²) in [5.74, 6) is -0.123. The summed E-state index contributed by atoms with van der Waals surface area (Å²) in [6.07, 6.45) is -2.11. The Morgan fingerprint density at radius 2 is 1.75 bits per heavy atom. The van der Waals surface area contributed by atoms with Crippen LogP contribution in [0.3, 0.4) is 0 Å². The third-order valence-corrected chi connectivity index (χ3v) is 3.47. The first-order valence-corrected chi connectivity index (χ1v) is 6.58. The van der Waals surface area contributed by atoms with Gasteiger partial charge in [0.25, 0.3) is 0 Å². The van der Waals surface area contributed by atoms with Gasteiger partial charge in [-0.05, 0) is 37.0 Å². The molecule has 1 aromatic rings. The van der Waals surface area contributed by atoms with Gasteiger partial charge < -0.3 is 10.6 Å². The third kappa shape index (κ3) is 3.50. The average molecular weight is 286 g/mol. The Morgan fingerprint density at radius 3 is 2.25 bits per heavy atom. The molecule has 1 amide bonds. The molecule has 0 aromatic heterocycles. The lowest BCUT2D eigenvalue weighted by Gasteiger charge is -2.20. The minimum atomic E-state index is -4.34. The predicted molar refractivity (Wildman–Crippen MR) is 68.9 cm³/mol. The van der Waals surface area contributed by atoms with Crippen LogP contribution >= 0.6 is 0 Å². The van der Waals surface area contributed by atoms with Crippen molar-refractivity contribution in [2.24, 2.45) is 5.73 Å². The molecule has 1 aliphatic rings. The molecule has 110 valence electrons. The number of rotatable bonds is 3. The highest BCUT2D eigenvalue weighted by molar-refractivity contribution is 5.82. The summed E-state index contributed by atoms with van der Waals surface area (Å²) < 4.78 is 37.3. The van der Waals surface area contributed by atoms with E-state index in [0.717, 1.165) is 38.1 Å². The van der Waals surface area contributed by atoms with E-state index in [-0.39, 0.29) is 12.3 Å². The van der Waals surface area contributed by atoms with Gasteiger partial charge in [-0.2, -0.15) is 13.2 Å². The summed E-state index contributed by atoms with van der Waals surface area (Å²) in [4.78, 5) is 13.7. The molecule has 1 heterocycles. The van der Waals surface area contributed by atoms with E-state index in [9.17, 15) is 18.0 Å². The van der Waals surface area contributed by atoms with Crippen molar-refractivity contribution in [2.45, 2.75) is 31.5 Å². The number of carbonyl (C=O) groups is 1. The van der Waals surface area contributed by atoms with Gasteiger partial charge in [0.1, 0.15) is 0 Å². The maximum atomic E-state index is 12.4. The van der Waals surface area contributed by atoms with Crippen LogP contribution in [-0.4, -0.2) is 29.9 Å². The van der Waals surface area contributed by atoms with Crippen LogP contribution < -0.4 is 5.73 Å². The number of carbonyl (C=O) groups excluding carboxylic acids is 1. The summed E-state index contributed by atoms with van der Waals surface area (Å²) >= 11 is 0. The largest absolute Gasteiger partial charge is 0.416 e. The molecular formula is C14H17F3N2O. The minimum absolute atomic E-state index is 0.123. The van der Waals surface area contributed by atoms with Crippen LogP contribution in [0.4, 0.5) is 13.2 Å². The highest BCUT2D eigenvalue weighted by Crippen LogP contribution is 2.29. The van der Waals surface area contributed by atoms with Crippen LogP contribution in [-0.2, 0) is 17.4 Å². The van der Waals surface area contributed by atoms with Crippen molar-refractivity contribution < 1.29 is 18.0 Å². The molecule has 2 rings (SSSR count). The number of alkyl halides is 3. The van der Waals surface area contributed by atoms with E-state index in [4.69, 9.17) is 5.73 Å². The first-order valence-electron chi connectivity index (χ1n) is 6.58. The normalized spacial score (nSPS) is 17.3. The number of nitrogens with zero attached hydrogens (tertiary/aromatic N) is 1. The van der Waals surface area contributed by atoms with Crippen LogP contribution in [0.1, 0.15) is 24.0 Å². The van der Waals surface area contributed by atoms with Crippen molar-refractivity contribution in [1.29, 1.82) is 0 Å². The Balaban J connectivity index is 1.97. The van der Waals surface area contributed by atoms with Gasteiger partial charge in [0.2, 0.25) is 5.91 Å². The molecular weight excluding hydrogens is 269 g/mol. The van der Waals surface area contributed by atoms with Crippen molar-refractivity contribution in [2.75, 3.05) is 13.1 Å². The number of benzene rings is 1. The SMILES string of the molecule is N[C@@H](Cc1ccc(C(F)(F)F)cc1)C(=O)N1CCCC1. The molecule has 2 N–H and O–H groups in total. The van der Waals surface area contributed by atoms with Gasteiger partial charge in [0, 0.05) is 13.1 Å². The molecule has 1 aromatic carbocycles. The number of nitrogens with two attached hydrogens (primary N) is 1. The predicted octanol–water partition coefficient (Wildman–Crippen LogP) is 2.20. The van der Waals surface area contributed by atoms with E-state index in [1.165, 1.54) is 12.1 Å².